The fourth-order valence-electron chi connectivity index (χ4n) is 0.0642. The van der Waals surface area contributed by atoms with Crippen LogP contribution in [-0.2, 0) is 0 Å². The van der Waals surface area contributed by atoms with Crippen molar-refractivity contribution in [3.63, 3.8) is 0 Å². The molecule has 0 heterocycles. The molecule has 0 rings (SSSR count). The molecule has 0 N–H and O–H groups in total. The van der Waals surface area contributed by atoms with Crippen molar-refractivity contribution >= 4 is 7.85 Å². The summed E-state index contributed by atoms with van der Waals surface area (Å²) in [6.45, 7) is 4.85. The molecule has 0 aromatic rings. The van der Waals surface area contributed by atoms with E-state index in [4.69, 9.17) is 14.4 Å². The molecule has 0 aliphatic heterocycles. The quantitative estimate of drug-likeness (QED) is 0.333. The molecular formula is C4H4BCe-. The third-order valence-corrected chi connectivity index (χ3v) is 0.222. The van der Waals surface area contributed by atoms with Gasteiger partial charge in [0, 0.05) is 41.7 Å². The molecule has 6 heavy (non-hydrogen) atoms. The SMILES string of the molecule is [B]/C=C\C=[CH-].[Ce]. The minimum Gasteiger partial charge on any atom is -0.293 e. The third kappa shape index (κ3) is 8.87. The second-order valence-corrected chi connectivity index (χ2v) is 0.577. The van der Waals surface area contributed by atoms with E-state index in [0.717, 1.165) is 0 Å². The zero-order valence-electron chi connectivity index (χ0n) is 3.39. The topological polar surface area (TPSA) is 0 Å². The summed E-state index contributed by atoms with van der Waals surface area (Å²) in [7, 11) is 4.85. The van der Waals surface area contributed by atoms with Crippen LogP contribution < -0.4 is 0 Å². The summed E-state index contributed by atoms with van der Waals surface area (Å²) in [6, 6.07) is 0. The molecule has 28 valence electrons. The molecule has 0 aliphatic carbocycles. The predicted molar refractivity (Wildman–Crippen MR) is 23.8 cm³/mol. The standard InChI is InChI=1S/C4H4B.Ce/c1-2-3-4-5;/h1-4H;/q-1;/b4-3-;. The Labute approximate surface area is 73.5 Å². The fourth-order valence-corrected chi connectivity index (χ4v) is 0.0642. The Hall–Kier alpha value is 0.922. The molecule has 0 aromatic heterocycles. The molecule has 0 aliphatic rings. The first-order valence-electron chi connectivity index (χ1n) is 1.33. The molecule has 0 aromatic carbocycles. The first-order chi connectivity index (χ1) is 2.41. The zero-order valence-corrected chi connectivity index (χ0v) is 6.53. The molecule has 0 saturated carbocycles. The van der Waals surface area contributed by atoms with Crippen LogP contribution in [0.4, 0.5) is 0 Å². The van der Waals surface area contributed by atoms with E-state index in [1.54, 1.807) is 6.08 Å². The van der Waals surface area contributed by atoms with Crippen molar-refractivity contribution < 1.29 is 41.7 Å². The van der Waals surface area contributed by atoms with Crippen molar-refractivity contribution in [2.45, 2.75) is 0 Å². The molecule has 0 nitrogen and oxygen atoms in total. The summed E-state index contributed by atoms with van der Waals surface area (Å²) in [5.41, 5.74) is 0. The number of hydrogen-bond acceptors (Lipinski definition) is 0. The van der Waals surface area contributed by atoms with Gasteiger partial charge in [-0.15, -0.1) is 0 Å². The van der Waals surface area contributed by atoms with Crippen LogP contribution in [0.15, 0.2) is 18.1 Å². The molecule has 2 heteroatoms. The summed E-state index contributed by atoms with van der Waals surface area (Å²) >= 11 is 0. The minimum atomic E-state index is 0. The maximum Gasteiger partial charge on any atom is 0.0768 e. The predicted octanol–water partition coefficient (Wildman–Crippen LogP) is 0.658. The molecule has 0 bridgehead atoms. The van der Waals surface area contributed by atoms with Gasteiger partial charge in [0.05, 0.1) is 7.85 Å². The average Bonchev–Trinajstić information content (AvgIpc) is 1.41. The Morgan fingerprint density at radius 1 is 1.50 bits per heavy atom. The van der Waals surface area contributed by atoms with Crippen LogP contribution in [0.1, 0.15) is 0 Å². The van der Waals surface area contributed by atoms with Crippen LogP contribution in [0, 0.1) is 48.3 Å². The fraction of sp³-hybridized carbons (Fsp3) is 0. The van der Waals surface area contributed by atoms with Crippen molar-refractivity contribution in [2.24, 2.45) is 0 Å². The van der Waals surface area contributed by atoms with Crippen molar-refractivity contribution in [1.29, 1.82) is 0 Å². The van der Waals surface area contributed by atoms with Gasteiger partial charge in [-0.2, -0.15) is 0 Å². The Bertz CT molecular complexity index is 49.5. The van der Waals surface area contributed by atoms with Gasteiger partial charge < -0.3 is 0 Å². The molecular weight excluding hydrogens is 199 g/mol. The second-order valence-electron chi connectivity index (χ2n) is 0.577. The van der Waals surface area contributed by atoms with Gasteiger partial charge in [-0.05, 0) is 0 Å². The molecule has 0 atom stereocenters. The van der Waals surface area contributed by atoms with Crippen LogP contribution in [0.5, 0.6) is 0 Å². The zero-order chi connectivity index (χ0) is 4.12. The van der Waals surface area contributed by atoms with Gasteiger partial charge in [-0.1, -0.05) is 0 Å². The van der Waals surface area contributed by atoms with E-state index in [-0.39, 0.29) is 41.7 Å². The summed E-state index contributed by atoms with van der Waals surface area (Å²) in [5, 5.41) is 0. The first-order valence-corrected chi connectivity index (χ1v) is 1.33. The molecule has 0 spiro atoms. The van der Waals surface area contributed by atoms with Crippen molar-refractivity contribution in [2.75, 3.05) is 0 Å². The van der Waals surface area contributed by atoms with Gasteiger partial charge in [0.1, 0.15) is 0 Å². The van der Waals surface area contributed by atoms with Crippen LogP contribution in [0.2, 0.25) is 0 Å². The van der Waals surface area contributed by atoms with Gasteiger partial charge in [0.15, 0.2) is 0 Å². The van der Waals surface area contributed by atoms with Crippen molar-refractivity contribution in [1.82, 2.24) is 0 Å². The third-order valence-electron chi connectivity index (χ3n) is 0.222. The first kappa shape index (κ1) is 10.0. The van der Waals surface area contributed by atoms with Crippen molar-refractivity contribution in [3.8, 4) is 0 Å². The Morgan fingerprint density at radius 2 is 2.00 bits per heavy atom. The summed E-state index contributed by atoms with van der Waals surface area (Å²) in [6.07, 6.45) is 2.93. The van der Waals surface area contributed by atoms with Crippen LogP contribution in [0.3, 0.4) is 0 Å². The monoisotopic (exact) mass is 203 g/mol. The molecule has 0 amide bonds. The Kier molecular flexibility index (Phi) is 15.6. The minimum absolute atomic E-state index is 0. The largest absolute Gasteiger partial charge is 0.293 e. The molecule has 2 radical (unpaired) electrons. The summed E-state index contributed by atoms with van der Waals surface area (Å²) in [5.74, 6) is 1.38. The molecule has 0 fully saturated rings. The summed E-state index contributed by atoms with van der Waals surface area (Å²) in [4.78, 5) is 0. The second kappa shape index (κ2) is 9.33. The van der Waals surface area contributed by atoms with E-state index in [1.165, 1.54) is 12.1 Å². The summed E-state index contributed by atoms with van der Waals surface area (Å²) < 4.78 is 0. The van der Waals surface area contributed by atoms with E-state index < -0.39 is 0 Å². The van der Waals surface area contributed by atoms with E-state index in [9.17, 15) is 0 Å². The maximum absolute atomic E-state index is 4.85. The van der Waals surface area contributed by atoms with E-state index in [2.05, 4.69) is 0 Å². The van der Waals surface area contributed by atoms with Crippen LogP contribution in [-0.4, -0.2) is 7.85 Å². The molecule has 0 unspecified atom stereocenters. The maximum atomic E-state index is 4.85. The van der Waals surface area contributed by atoms with Gasteiger partial charge in [0.25, 0.3) is 0 Å². The Balaban J connectivity index is 0. The van der Waals surface area contributed by atoms with Gasteiger partial charge in [0.2, 0.25) is 0 Å². The smallest absolute Gasteiger partial charge is 0.0768 e. The van der Waals surface area contributed by atoms with E-state index in [1.807, 2.05) is 0 Å². The van der Waals surface area contributed by atoms with Crippen molar-refractivity contribution in [3.05, 3.63) is 24.7 Å². The molecule has 0 saturated heterocycles. The average molecular weight is 203 g/mol. The number of rotatable bonds is 1. The van der Waals surface area contributed by atoms with Gasteiger partial charge >= 0.3 is 0 Å². The number of hydrogen-bond donors (Lipinski definition) is 0. The van der Waals surface area contributed by atoms with Crippen LogP contribution in [0.25, 0.3) is 0 Å². The number of allylic oxidation sites excluding steroid dienone is 2. The van der Waals surface area contributed by atoms with Gasteiger partial charge in [-0.3, -0.25) is 6.58 Å². The van der Waals surface area contributed by atoms with Crippen LogP contribution >= 0.6 is 0 Å². The van der Waals surface area contributed by atoms with E-state index in [0.29, 0.717) is 0 Å². The Morgan fingerprint density at radius 3 is 2.00 bits per heavy atom. The van der Waals surface area contributed by atoms with E-state index >= 15 is 0 Å². The normalized spacial score (nSPS) is 7.33. The van der Waals surface area contributed by atoms with Gasteiger partial charge in [-0.25, -0.2) is 18.1 Å².